The molecular weight excluding hydrogens is 258 g/mol. The summed E-state index contributed by atoms with van der Waals surface area (Å²) in [5, 5.41) is 0. The third kappa shape index (κ3) is 1.56. The van der Waals surface area contributed by atoms with Gasteiger partial charge in [0, 0.05) is 18.3 Å². The van der Waals surface area contributed by atoms with Gasteiger partial charge in [-0.15, -0.1) is 0 Å². The first-order chi connectivity index (χ1) is 9.46. The fourth-order valence-corrected chi connectivity index (χ4v) is 4.93. The van der Waals surface area contributed by atoms with E-state index in [0.29, 0.717) is 17.8 Å². The van der Waals surface area contributed by atoms with Crippen molar-refractivity contribution in [1.29, 1.82) is 0 Å². The largest absolute Gasteiger partial charge is 0.331 e. The molecule has 5 fully saturated rings. The number of ether oxygens (including phenoxy) is 2. The monoisotopic (exact) mass is 283 g/mol. The van der Waals surface area contributed by atoms with Crippen LogP contribution in [0, 0.1) is 23.7 Å². The highest BCUT2D eigenvalue weighted by Crippen LogP contribution is 2.60. The molecule has 0 amide bonds. The van der Waals surface area contributed by atoms with E-state index in [-0.39, 0.29) is 12.1 Å². The van der Waals surface area contributed by atoms with Gasteiger partial charge in [-0.3, -0.25) is 0 Å². The third-order valence-electron chi connectivity index (χ3n) is 6.21. The summed E-state index contributed by atoms with van der Waals surface area (Å²) in [5.74, 6) is 0.936. The van der Waals surface area contributed by atoms with Gasteiger partial charge in [0.25, 0.3) is 0 Å². The van der Waals surface area contributed by atoms with Crippen molar-refractivity contribution in [2.24, 2.45) is 29.4 Å². The SMILES string of the molecule is C[C@@H]1CCC2[C@@H](C)[C@H](N)O[C@@H]3OC4(C)CCC1[C@@]23OO4. The summed E-state index contributed by atoms with van der Waals surface area (Å²) >= 11 is 0. The second-order valence-corrected chi connectivity index (χ2v) is 7.37. The van der Waals surface area contributed by atoms with Crippen LogP contribution in [-0.4, -0.2) is 23.9 Å². The summed E-state index contributed by atoms with van der Waals surface area (Å²) < 4.78 is 12.2. The highest BCUT2D eigenvalue weighted by molar-refractivity contribution is 5.09. The van der Waals surface area contributed by atoms with Crippen molar-refractivity contribution in [2.45, 2.75) is 70.4 Å². The molecule has 5 nitrogen and oxygen atoms in total. The molecule has 2 N–H and O–H groups in total. The van der Waals surface area contributed by atoms with E-state index < -0.39 is 17.7 Å². The van der Waals surface area contributed by atoms with E-state index in [1.54, 1.807) is 0 Å². The average molecular weight is 283 g/mol. The van der Waals surface area contributed by atoms with Crippen molar-refractivity contribution in [1.82, 2.24) is 0 Å². The molecule has 4 saturated heterocycles. The van der Waals surface area contributed by atoms with Crippen LogP contribution in [0.4, 0.5) is 0 Å². The Morgan fingerprint density at radius 2 is 1.85 bits per heavy atom. The van der Waals surface area contributed by atoms with Gasteiger partial charge in [0.2, 0.25) is 5.79 Å². The van der Waals surface area contributed by atoms with Gasteiger partial charge in [-0.1, -0.05) is 13.8 Å². The molecule has 1 spiro atoms. The summed E-state index contributed by atoms with van der Waals surface area (Å²) in [5.41, 5.74) is 5.71. The molecule has 1 saturated carbocycles. The highest BCUT2D eigenvalue weighted by Gasteiger charge is 2.68. The molecule has 0 aromatic carbocycles. The highest BCUT2D eigenvalue weighted by atomic mass is 17.3. The zero-order valence-electron chi connectivity index (χ0n) is 12.5. The lowest BCUT2D eigenvalue weighted by molar-refractivity contribution is -0.570. The van der Waals surface area contributed by atoms with Gasteiger partial charge in [0.1, 0.15) is 6.23 Å². The maximum absolute atomic E-state index is 6.18. The molecule has 5 rings (SSSR count). The second-order valence-electron chi connectivity index (χ2n) is 7.37. The average Bonchev–Trinajstić information content (AvgIpc) is 2.63. The van der Waals surface area contributed by atoms with Crippen LogP contribution in [0.5, 0.6) is 0 Å². The summed E-state index contributed by atoms with van der Waals surface area (Å²) in [6, 6.07) is 0. The summed E-state index contributed by atoms with van der Waals surface area (Å²) in [6.45, 7) is 6.41. The van der Waals surface area contributed by atoms with E-state index in [0.717, 1.165) is 19.3 Å². The van der Waals surface area contributed by atoms with Crippen molar-refractivity contribution in [3.8, 4) is 0 Å². The number of hydrogen-bond donors (Lipinski definition) is 1. The van der Waals surface area contributed by atoms with Gasteiger partial charge < -0.3 is 15.2 Å². The Bertz CT molecular complexity index is 415. The smallest absolute Gasteiger partial charge is 0.201 e. The Morgan fingerprint density at radius 3 is 2.65 bits per heavy atom. The Labute approximate surface area is 120 Å². The molecule has 5 heteroatoms. The van der Waals surface area contributed by atoms with Crippen LogP contribution < -0.4 is 5.73 Å². The molecule has 8 atom stereocenters. The van der Waals surface area contributed by atoms with Crippen molar-refractivity contribution >= 4 is 0 Å². The summed E-state index contributed by atoms with van der Waals surface area (Å²) in [7, 11) is 0. The third-order valence-corrected chi connectivity index (χ3v) is 6.21. The maximum Gasteiger partial charge on any atom is 0.201 e. The van der Waals surface area contributed by atoms with Crippen molar-refractivity contribution in [3.63, 3.8) is 0 Å². The molecule has 4 aliphatic heterocycles. The van der Waals surface area contributed by atoms with Crippen molar-refractivity contribution in [3.05, 3.63) is 0 Å². The molecular formula is C15H25NO4. The lowest BCUT2D eigenvalue weighted by atomic mass is 9.58. The van der Waals surface area contributed by atoms with E-state index in [1.807, 2.05) is 6.92 Å². The Kier molecular flexibility index (Phi) is 2.81. The summed E-state index contributed by atoms with van der Waals surface area (Å²) in [4.78, 5) is 11.7. The zero-order valence-corrected chi connectivity index (χ0v) is 12.5. The lowest BCUT2D eigenvalue weighted by Crippen LogP contribution is -2.71. The zero-order chi connectivity index (χ0) is 14.1. The van der Waals surface area contributed by atoms with E-state index in [1.165, 1.54) is 6.42 Å². The van der Waals surface area contributed by atoms with E-state index in [2.05, 4.69) is 13.8 Å². The quantitative estimate of drug-likeness (QED) is 0.690. The van der Waals surface area contributed by atoms with Crippen LogP contribution in [0.3, 0.4) is 0 Å². The van der Waals surface area contributed by atoms with Gasteiger partial charge in [0.15, 0.2) is 11.9 Å². The fraction of sp³-hybridized carbons (Fsp3) is 1.00. The van der Waals surface area contributed by atoms with Crippen LogP contribution in [0.25, 0.3) is 0 Å². The molecule has 1 aliphatic carbocycles. The normalized spacial score (nSPS) is 61.8. The van der Waals surface area contributed by atoms with Crippen LogP contribution in [0.15, 0.2) is 0 Å². The first kappa shape index (κ1) is 13.5. The lowest BCUT2D eigenvalue weighted by Gasteiger charge is -2.60. The van der Waals surface area contributed by atoms with E-state index in [9.17, 15) is 0 Å². The Morgan fingerprint density at radius 1 is 1.05 bits per heavy atom. The van der Waals surface area contributed by atoms with Crippen LogP contribution in [0.1, 0.15) is 46.5 Å². The summed E-state index contributed by atoms with van der Waals surface area (Å²) in [6.07, 6.45) is 3.57. The van der Waals surface area contributed by atoms with Gasteiger partial charge in [-0.2, -0.15) is 0 Å². The Balaban J connectivity index is 1.82. The van der Waals surface area contributed by atoms with Crippen molar-refractivity contribution in [2.75, 3.05) is 0 Å². The van der Waals surface area contributed by atoms with Crippen molar-refractivity contribution < 1.29 is 19.2 Å². The number of rotatable bonds is 0. The number of fused-ring (bicyclic) bond motifs is 2. The molecule has 2 bridgehead atoms. The minimum atomic E-state index is -0.697. The fourth-order valence-electron chi connectivity index (χ4n) is 4.93. The van der Waals surface area contributed by atoms with Gasteiger partial charge >= 0.3 is 0 Å². The van der Waals surface area contributed by atoms with Gasteiger partial charge in [0.05, 0.1) is 0 Å². The first-order valence-electron chi connectivity index (χ1n) is 7.92. The number of nitrogens with two attached hydrogens (primary N) is 1. The van der Waals surface area contributed by atoms with Crippen LogP contribution in [0.2, 0.25) is 0 Å². The predicted molar refractivity (Wildman–Crippen MR) is 71.0 cm³/mol. The maximum atomic E-state index is 6.18. The van der Waals surface area contributed by atoms with E-state index in [4.69, 9.17) is 25.0 Å². The van der Waals surface area contributed by atoms with Crippen LogP contribution in [-0.2, 0) is 19.2 Å². The number of hydrogen-bond acceptors (Lipinski definition) is 5. The van der Waals surface area contributed by atoms with Crippen LogP contribution >= 0.6 is 0 Å². The molecule has 114 valence electrons. The molecule has 0 aromatic rings. The first-order valence-corrected chi connectivity index (χ1v) is 7.92. The molecule has 0 radical (unpaired) electrons. The second kappa shape index (κ2) is 4.17. The van der Waals surface area contributed by atoms with E-state index >= 15 is 0 Å². The standard InChI is InChI=1S/C15H25NO4/c1-8-4-5-11-9(2)12(16)17-13-15(11)10(8)6-7-14(3,18-13)19-20-15/h8-13H,4-7,16H2,1-3H3/t8-,9-,10?,11?,12-,13-,14?,15-/m1/s1. The minimum Gasteiger partial charge on any atom is -0.331 e. The van der Waals surface area contributed by atoms with Gasteiger partial charge in [-0.05, 0) is 38.0 Å². The van der Waals surface area contributed by atoms with Gasteiger partial charge in [-0.25, -0.2) is 9.78 Å². The molecule has 5 aliphatic rings. The minimum absolute atomic E-state index is 0.260. The Hall–Kier alpha value is -0.200. The molecule has 3 unspecified atom stereocenters. The predicted octanol–water partition coefficient (Wildman–Crippen LogP) is 2.15. The topological polar surface area (TPSA) is 62.9 Å². The molecule has 0 aromatic heterocycles. The molecule has 20 heavy (non-hydrogen) atoms. The molecule has 4 heterocycles.